The number of carbonyl (C=O) groups is 1. The highest BCUT2D eigenvalue weighted by Gasteiger charge is 2.28. The van der Waals surface area contributed by atoms with E-state index in [1.54, 1.807) is 0 Å². The summed E-state index contributed by atoms with van der Waals surface area (Å²) < 4.78 is 5.91. The zero-order valence-corrected chi connectivity index (χ0v) is 16.2. The van der Waals surface area contributed by atoms with Gasteiger partial charge in [-0.1, -0.05) is 53.5 Å². The molecule has 0 saturated carbocycles. The molecule has 3 atom stereocenters. The van der Waals surface area contributed by atoms with Gasteiger partial charge in [-0.25, -0.2) is 0 Å². The molecule has 0 spiro atoms. The lowest BCUT2D eigenvalue weighted by Crippen LogP contribution is -2.34. The van der Waals surface area contributed by atoms with Gasteiger partial charge in [-0.3, -0.25) is 4.79 Å². The van der Waals surface area contributed by atoms with E-state index in [9.17, 15) is 4.79 Å². The van der Waals surface area contributed by atoms with Crippen LogP contribution in [0.25, 0.3) is 0 Å². The summed E-state index contributed by atoms with van der Waals surface area (Å²) in [5.74, 6) is 1.50. The molecule has 136 valence electrons. The number of allylic oxidation sites excluding steroid dienone is 2. The molecule has 0 radical (unpaired) electrons. The summed E-state index contributed by atoms with van der Waals surface area (Å²) in [5, 5.41) is 0. The average Bonchev–Trinajstić information content (AvgIpc) is 2.92. The second kappa shape index (κ2) is 8.73. The number of esters is 1. The minimum Gasteiger partial charge on any atom is -0.461 e. The van der Waals surface area contributed by atoms with Crippen LogP contribution >= 0.6 is 0 Å². The maximum Gasteiger partial charge on any atom is 0.325 e. The fourth-order valence-electron chi connectivity index (χ4n) is 3.67. The summed E-state index contributed by atoms with van der Waals surface area (Å²) >= 11 is 0. The Morgan fingerprint density at radius 3 is 2.79 bits per heavy atom. The fraction of sp³-hybridized carbons (Fsp3) is 0.762. The van der Waals surface area contributed by atoms with Gasteiger partial charge in [-0.05, 0) is 48.7 Å². The van der Waals surface area contributed by atoms with Gasteiger partial charge in [0.15, 0.2) is 0 Å². The highest BCUT2D eigenvalue weighted by molar-refractivity contribution is 5.72. The van der Waals surface area contributed by atoms with Crippen molar-refractivity contribution in [2.45, 2.75) is 72.8 Å². The quantitative estimate of drug-likeness (QED) is 0.589. The molecule has 0 N–H and O–H groups in total. The van der Waals surface area contributed by atoms with E-state index in [4.69, 9.17) is 4.74 Å². The number of hydrogen-bond acceptors (Lipinski definition) is 3. The topological polar surface area (TPSA) is 29.5 Å². The van der Waals surface area contributed by atoms with E-state index < -0.39 is 0 Å². The van der Waals surface area contributed by atoms with Crippen molar-refractivity contribution in [1.29, 1.82) is 0 Å². The molecule has 0 fully saturated rings. The molecule has 1 heterocycles. The van der Waals surface area contributed by atoms with Gasteiger partial charge < -0.3 is 9.64 Å². The molecule has 0 aromatic carbocycles. The van der Waals surface area contributed by atoms with Crippen molar-refractivity contribution in [1.82, 2.24) is 4.90 Å². The molecule has 0 saturated heterocycles. The second-order valence-electron chi connectivity index (χ2n) is 7.97. The number of rotatable bonds is 8. The zero-order chi connectivity index (χ0) is 17.7. The molecule has 0 aromatic rings. The van der Waals surface area contributed by atoms with Crippen LogP contribution in [-0.4, -0.2) is 30.1 Å². The van der Waals surface area contributed by atoms with Gasteiger partial charge in [0.2, 0.25) is 0 Å². The third-order valence-electron chi connectivity index (χ3n) is 5.62. The van der Waals surface area contributed by atoms with Gasteiger partial charge >= 0.3 is 5.97 Å². The van der Waals surface area contributed by atoms with Crippen LogP contribution in [-0.2, 0) is 9.53 Å². The predicted octanol–water partition coefficient (Wildman–Crippen LogP) is 4.94. The van der Waals surface area contributed by atoms with Gasteiger partial charge in [0.25, 0.3) is 0 Å². The summed E-state index contributed by atoms with van der Waals surface area (Å²) in [5.41, 5.74) is 2.78. The average molecular weight is 334 g/mol. The molecule has 1 aliphatic carbocycles. The summed E-state index contributed by atoms with van der Waals surface area (Å²) in [7, 11) is 0. The van der Waals surface area contributed by atoms with Gasteiger partial charge in [-0.2, -0.15) is 0 Å². The van der Waals surface area contributed by atoms with E-state index in [0.717, 1.165) is 38.6 Å². The van der Waals surface area contributed by atoms with Crippen molar-refractivity contribution in [3.8, 4) is 0 Å². The van der Waals surface area contributed by atoms with Gasteiger partial charge in [0.05, 0.1) is 0 Å². The lowest BCUT2D eigenvalue weighted by molar-refractivity contribution is -0.153. The molecule has 1 aliphatic heterocycles. The smallest absolute Gasteiger partial charge is 0.325 e. The standard InChI is InChI=1S/C21H35NO2/c1-6-7-8-20(17(5)15(2)3)24-21(23)14-22-12-11-18-13-16(4)9-10-19(18)22/h9-10,15-17,20H,6-8,11-14H2,1-5H3. The first kappa shape index (κ1) is 19.1. The molecule has 0 bridgehead atoms. The Hall–Kier alpha value is -1.25. The zero-order valence-electron chi connectivity index (χ0n) is 16.2. The van der Waals surface area contributed by atoms with E-state index >= 15 is 0 Å². The lowest BCUT2D eigenvalue weighted by Gasteiger charge is -2.28. The van der Waals surface area contributed by atoms with Gasteiger partial charge in [0.1, 0.15) is 12.6 Å². The predicted molar refractivity (Wildman–Crippen MR) is 99.5 cm³/mol. The van der Waals surface area contributed by atoms with E-state index in [1.807, 2.05) is 0 Å². The molecule has 24 heavy (non-hydrogen) atoms. The monoisotopic (exact) mass is 333 g/mol. The maximum absolute atomic E-state index is 12.5. The number of hydrogen-bond donors (Lipinski definition) is 0. The number of unbranched alkanes of at least 4 members (excludes halogenated alkanes) is 1. The van der Waals surface area contributed by atoms with Crippen molar-refractivity contribution < 1.29 is 9.53 Å². The number of nitrogens with zero attached hydrogens (tertiary/aromatic N) is 1. The molecule has 2 rings (SSSR count). The third-order valence-corrected chi connectivity index (χ3v) is 5.62. The Bertz CT molecular complexity index is 492. The van der Waals surface area contributed by atoms with Crippen LogP contribution in [0.5, 0.6) is 0 Å². The van der Waals surface area contributed by atoms with Crippen LogP contribution in [0.15, 0.2) is 23.4 Å². The van der Waals surface area contributed by atoms with Crippen LogP contribution in [0, 0.1) is 17.8 Å². The van der Waals surface area contributed by atoms with Crippen LogP contribution < -0.4 is 0 Å². The highest BCUT2D eigenvalue weighted by Crippen LogP contribution is 2.33. The van der Waals surface area contributed by atoms with Crippen molar-refractivity contribution >= 4 is 5.97 Å². The summed E-state index contributed by atoms with van der Waals surface area (Å²) in [6, 6.07) is 0. The largest absolute Gasteiger partial charge is 0.461 e. The minimum atomic E-state index is -0.0654. The maximum atomic E-state index is 12.5. The molecule has 3 nitrogen and oxygen atoms in total. The molecule has 3 heteroatoms. The van der Waals surface area contributed by atoms with Crippen molar-refractivity contribution in [3.05, 3.63) is 23.4 Å². The first-order chi connectivity index (χ1) is 11.4. The minimum absolute atomic E-state index is 0.0513. The summed E-state index contributed by atoms with van der Waals surface area (Å²) in [4.78, 5) is 14.7. The molecule has 0 aromatic heterocycles. The Morgan fingerprint density at radius 2 is 2.12 bits per heavy atom. The van der Waals surface area contributed by atoms with Crippen LogP contribution in [0.1, 0.15) is 66.7 Å². The fourth-order valence-corrected chi connectivity index (χ4v) is 3.67. The first-order valence-electron chi connectivity index (χ1n) is 9.77. The summed E-state index contributed by atoms with van der Waals surface area (Å²) in [6.45, 7) is 12.4. The third kappa shape index (κ3) is 4.87. The Kier molecular flexibility index (Phi) is 6.94. The Morgan fingerprint density at radius 1 is 1.38 bits per heavy atom. The van der Waals surface area contributed by atoms with E-state index in [0.29, 0.717) is 24.3 Å². The Balaban J connectivity index is 1.92. The lowest BCUT2D eigenvalue weighted by atomic mass is 9.89. The van der Waals surface area contributed by atoms with E-state index in [2.05, 4.69) is 51.7 Å². The molecule has 3 unspecified atom stereocenters. The van der Waals surface area contributed by atoms with E-state index in [1.165, 1.54) is 11.3 Å². The van der Waals surface area contributed by atoms with Crippen molar-refractivity contribution in [3.63, 3.8) is 0 Å². The second-order valence-corrected chi connectivity index (χ2v) is 7.97. The van der Waals surface area contributed by atoms with E-state index in [-0.39, 0.29) is 12.1 Å². The van der Waals surface area contributed by atoms with Crippen LogP contribution in [0.3, 0.4) is 0 Å². The van der Waals surface area contributed by atoms with Crippen molar-refractivity contribution in [2.75, 3.05) is 13.1 Å². The molecular formula is C21H35NO2. The van der Waals surface area contributed by atoms with Crippen LogP contribution in [0.2, 0.25) is 0 Å². The summed E-state index contributed by atoms with van der Waals surface area (Å²) in [6.07, 6.45) is 9.99. The highest BCUT2D eigenvalue weighted by atomic mass is 16.5. The number of ether oxygens (including phenoxy) is 1. The number of carbonyl (C=O) groups excluding carboxylic acids is 1. The molecule has 2 aliphatic rings. The normalized spacial score (nSPS) is 22.8. The Labute approximate surface area is 148 Å². The van der Waals surface area contributed by atoms with Crippen LogP contribution in [0.4, 0.5) is 0 Å². The van der Waals surface area contributed by atoms with Crippen molar-refractivity contribution in [2.24, 2.45) is 17.8 Å². The van der Waals surface area contributed by atoms with Gasteiger partial charge in [-0.15, -0.1) is 0 Å². The SMILES string of the molecule is CCCCC(OC(=O)CN1CCC2=C1C=CC(C)C2)C(C)C(C)C. The molecule has 0 amide bonds. The molecular weight excluding hydrogens is 298 g/mol. The van der Waals surface area contributed by atoms with Gasteiger partial charge in [0, 0.05) is 12.2 Å². The first-order valence-corrected chi connectivity index (χ1v) is 9.77.